The maximum absolute atomic E-state index is 11.6. The molecule has 0 aromatic rings. The second-order valence-electron chi connectivity index (χ2n) is 3.04. The van der Waals surface area contributed by atoms with E-state index in [-0.39, 0.29) is 12.5 Å². The summed E-state index contributed by atoms with van der Waals surface area (Å²) in [5.41, 5.74) is 0. The Morgan fingerprint density at radius 3 is 2.33 bits per heavy atom. The van der Waals surface area contributed by atoms with E-state index in [1.54, 1.807) is 20.8 Å². The molecule has 1 amide bonds. The van der Waals surface area contributed by atoms with Crippen LogP contribution in [0.5, 0.6) is 0 Å². The van der Waals surface area contributed by atoms with Gasteiger partial charge in [-0.05, 0) is 20.8 Å². The van der Waals surface area contributed by atoms with Crippen LogP contribution < -0.4 is 0 Å². The maximum atomic E-state index is 11.6. The van der Waals surface area contributed by atoms with Gasteiger partial charge in [-0.3, -0.25) is 9.59 Å². The first-order valence-electron chi connectivity index (χ1n) is 5.03. The quantitative estimate of drug-likeness (QED) is 0.605. The molecule has 0 aliphatic rings. The highest BCUT2D eigenvalue weighted by Crippen LogP contribution is 1.98. The molecule has 0 fully saturated rings. The van der Waals surface area contributed by atoms with Gasteiger partial charge in [-0.25, -0.2) is 0 Å². The number of nitrogens with zero attached hydrogens (tertiary/aromatic N) is 1. The number of amides is 1. The molecule has 0 saturated carbocycles. The molecule has 0 radical (unpaired) electrons. The molecule has 0 aliphatic carbocycles. The molecule has 0 bridgehead atoms. The van der Waals surface area contributed by atoms with E-state index < -0.39 is 12.1 Å². The molecule has 0 N–H and O–H groups in total. The summed E-state index contributed by atoms with van der Waals surface area (Å²) in [6.07, 6.45) is -0.528. The van der Waals surface area contributed by atoms with E-state index in [9.17, 15) is 9.59 Å². The van der Waals surface area contributed by atoms with E-state index in [0.717, 1.165) is 0 Å². The molecule has 5 nitrogen and oxygen atoms in total. The van der Waals surface area contributed by atoms with Gasteiger partial charge in [0, 0.05) is 13.7 Å². The molecule has 0 aromatic heterocycles. The summed E-state index contributed by atoms with van der Waals surface area (Å²) in [5.74, 6) is -0.593. The smallest absolute Gasteiger partial charge is 0.325 e. The first-order chi connectivity index (χ1) is 7.06. The molecule has 5 heteroatoms. The summed E-state index contributed by atoms with van der Waals surface area (Å²) in [5, 5.41) is 0. The standard InChI is InChI=1S/C10H19NO4/c1-5-11(7-9(12)15-6-2)10(13)8(3)14-4/h8H,5-7H2,1-4H3. The summed E-state index contributed by atoms with van der Waals surface area (Å²) in [6, 6.07) is 0. The lowest BCUT2D eigenvalue weighted by molar-refractivity contribution is -0.152. The van der Waals surface area contributed by atoms with Crippen LogP contribution in [0.1, 0.15) is 20.8 Å². The van der Waals surface area contributed by atoms with Gasteiger partial charge in [0.05, 0.1) is 6.61 Å². The zero-order valence-electron chi connectivity index (χ0n) is 9.78. The number of hydrogen-bond acceptors (Lipinski definition) is 4. The number of rotatable bonds is 6. The Morgan fingerprint density at radius 2 is 1.93 bits per heavy atom. The number of carbonyl (C=O) groups excluding carboxylic acids is 2. The lowest BCUT2D eigenvalue weighted by atomic mass is 10.3. The van der Waals surface area contributed by atoms with Crippen LogP contribution in [0.4, 0.5) is 0 Å². The van der Waals surface area contributed by atoms with E-state index in [1.807, 2.05) is 0 Å². The molecule has 0 heterocycles. The van der Waals surface area contributed by atoms with Crippen molar-refractivity contribution in [3.63, 3.8) is 0 Å². The van der Waals surface area contributed by atoms with Crippen molar-refractivity contribution in [2.75, 3.05) is 26.8 Å². The predicted octanol–water partition coefficient (Wildman–Crippen LogP) is 0.433. The number of carbonyl (C=O) groups is 2. The lowest BCUT2D eigenvalue weighted by Crippen LogP contribution is -2.42. The molecule has 0 aromatic carbocycles. The van der Waals surface area contributed by atoms with E-state index in [1.165, 1.54) is 12.0 Å². The number of esters is 1. The van der Waals surface area contributed by atoms with Crippen LogP contribution in [0.3, 0.4) is 0 Å². The van der Waals surface area contributed by atoms with Gasteiger partial charge in [0.1, 0.15) is 12.6 Å². The van der Waals surface area contributed by atoms with Crippen LogP contribution in [0, 0.1) is 0 Å². The normalized spacial score (nSPS) is 12.0. The summed E-state index contributed by atoms with van der Waals surface area (Å²) >= 11 is 0. The Balaban J connectivity index is 4.24. The highest BCUT2D eigenvalue weighted by atomic mass is 16.5. The minimum absolute atomic E-state index is 0.0170. The van der Waals surface area contributed by atoms with Crippen molar-refractivity contribution in [2.24, 2.45) is 0 Å². The SMILES string of the molecule is CCOC(=O)CN(CC)C(=O)C(C)OC. The number of likely N-dealkylation sites (N-methyl/N-ethyl adjacent to an activating group) is 1. The molecule has 15 heavy (non-hydrogen) atoms. The summed E-state index contributed by atoms with van der Waals surface area (Å²) in [7, 11) is 1.46. The van der Waals surface area contributed by atoms with Crippen molar-refractivity contribution in [2.45, 2.75) is 26.9 Å². The van der Waals surface area contributed by atoms with E-state index in [4.69, 9.17) is 9.47 Å². The molecule has 0 saturated heterocycles. The molecule has 0 spiro atoms. The van der Waals surface area contributed by atoms with Crippen molar-refractivity contribution in [3.05, 3.63) is 0 Å². The van der Waals surface area contributed by atoms with Gasteiger partial charge in [0.2, 0.25) is 0 Å². The van der Waals surface area contributed by atoms with Crippen LogP contribution in [-0.2, 0) is 19.1 Å². The van der Waals surface area contributed by atoms with Crippen LogP contribution in [0.15, 0.2) is 0 Å². The Bertz CT molecular complexity index is 217. The summed E-state index contributed by atoms with van der Waals surface area (Å²) in [4.78, 5) is 24.2. The molecule has 0 rings (SSSR count). The number of hydrogen-bond donors (Lipinski definition) is 0. The van der Waals surface area contributed by atoms with Crippen molar-refractivity contribution in [1.82, 2.24) is 4.90 Å². The van der Waals surface area contributed by atoms with Crippen LogP contribution >= 0.6 is 0 Å². The first-order valence-corrected chi connectivity index (χ1v) is 5.03. The van der Waals surface area contributed by atoms with Crippen molar-refractivity contribution >= 4 is 11.9 Å². The van der Waals surface area contributed by atoms with Crippen molar-refractivity contribution in [3.8, 4) is 0 Å². The van der Waals surface area contributed by atoms with Crippen molar-refractivity contribution < 1.29 is 19.1 Å². The number of ether oxygens (including phenoxy) is 2. The third-order valence-electron chi connectivity index (χ3n) is 2.02. The Hall–Kier alpha value is -1.10. The third kappa shape index (κ3) is 4.78. The molecular weight excluding hydrogens is 198 g/mol. The summed E-state index contributed by atoms with van der Waals surface area (Å²) < 4.78 is 9.66. The monoisotopic (exact) mass is 217 g/mol. The fourth-order valence-electron chi connectivity index (χ4n) is 1.07. The number of methoxy groups -OCH3 is 1. The second kappa shape index (κ2) is 7.23. The Kier molecular flexibility index (Phi) is 6.70. The molecule has 88 valence electrons. The van der Waals surface area contributed by atoms with Crippen LogP contribution in [0.2, 0.25) is 0 Å². The van der Waals surface area contributed by atoms with Gasteiger partial charge in [-0.2, -0.15) is 0 Å². The van der Waals surface area contributed by atoms with Gasteiger partial charge in [0.15, 0.2) is 0 Å². The lowest BCUT2D eigenvalue weighted by Gasteiger charge is -2.22. The maximum Gasteiger partial charge on any atom is 0.325 e. The highest BCUT2D eigenvalue weighted by molar-refractivity contribution is 5.84. The van der Waals surface area contributed by atoms with E-state index in [2.05, 4.69) is 0 Å². The third-order valence-corrected chi connectivity index (χ3v) is 2.02. The van der Waals surface area contributed by atoms with Gasteiger partial charge in [-0.15, -0.1) is 0 Å². The van der Waals surface area contributed by atoms with Gasteiger partial charge in [-0.1, -0.05) is 0 Å². The fraction of sp³-hybridized carbons (Fsp3) is 0.800. The average Bonchev–Trinajstić information content (AvgIpc) is 2.24. The van der Waals surface area contributed by atoms with Crippen molar-refractivity contribution in [1.29, 1.82) is 0 Å². The zero-order valence-corrected chi connectivity index (χ0v) is 9.78. The highest BCUT2D eigenvalue weighted by Gasteiger charge is 2.21. The minimum atomic E-state index is -0.528. The van der Waals surface area contributed by atoms with Crippen LogP contribution in [0.25, 0.3) is 0 Å². The van der Waals surface area contributed by atoms with Gasteiger partial charge < -0.3 is 14.4 Å². The average molecular weight is 217 g/mol. The van der Waals surface area contributed by atoms with Gasteiger partial charge >= 0.3 is 5.97 Å². The van der Waals surface area contributed by atoms with E-state index >= 15 is 0 Å². The molecular formula is C10H19NO4. The predicted molar refractivity (Wildman–Crippen MR) is 55.4 cm³/mol. The minimum Gasteiger partial charge on any atom is -0.465 e. The van der Waals surface area contributed by atoms with Gasteiger partial charge in [0.25, 0.3) is 5.91 Å². The fourth-order valence-corrected chi connectivity index (χ4v) is 1.07. The molecule has 1 unspecified atom stereocenters. The zero-order chi connectivity index (χ0) is 11.8. The van der Waals surface area contributed by atoms with E-state index in [0.29, 0.717) is 13.2 Å². The Morgan fingerprint density at radius 1 is 1.33 bits per heavy atom. The molecule has 0 aliphatic heterocycles. The summed E-state index contributed by atoms with van der Waals surface area (Å²) in [6.45, 7) is 5.95. The largest absolute Gasteiger partial charge is 0.465 e. The Labute approximate surface area is 90.3 Å². The van der Waals surface area contributed by atoms with Crippen LogP contribution in [-0.4, -0.2) is 49.7 Å². The topological polar surface area (TPSA) is 55.8 Å². The molecule has 1 atom stereocenters. The first kappa shape index (κ1) is 13.9. The second-order valence-corrected chi connectivity index (χ2v) is 3.04.